The second-order valence-electron chi connectivity index (χ2n) is 3.98. The van der Waals surface area contributed by atoms with Crippen molar-refractivity contribution >= 4 is 49.1 Å². The molecule has 2 aromatic carbocycles. The van der Waals surface area contributed by atoms with Gasteiger partial charge in [-0.1, -0.05) is 27.5 Å². The minimum Gasteiger partial charge on any atom is -0.456 e. The maximum atomic E-state index is 13.5. The molecule has 0 aliphatic carbocycles. The van der Waals surface area contributed by atoms with Crippen LogP contribution in [0.4, 0.5) is 10.1 Å². The van der Waals surface area contributed by atoms with Gasteiger partial charge in [0.2, 0.25) is 0 Å². The highest BCUT2D eigenvalue weighted by Crippen LogP contribution is 2.36. The van der Waals surface area contributed by atoms with Crippen molar-refractivity contribution in [2.45, 2.75) is 5.33 Å². The summed E-state index contributed by atoms with van der Waals surface area (Å²) in [5.74, 6) is 0.00465. The van der Waals surface area contributed by atoms with E-state index in [4.69, 9.17) is 16.3 Å². The van der Waals surface area contributed by atoms with Crippen LogP contribution in [0.1, 0.15) is 5.56 Å². The average Bonchev–Trinajstić information content (AvgIpc) is 2.44. The first kappa shape index (κ1) is 16.2. The van der Waals surface area contributed by atoms with Crippen molar-refractivity contribution < 1.29 is 14.1 Å². The molecule has 8 heteroatoms. The highest BCUT2D eigenvalue weighted by molar-refractivity contribution is 9.10. The van der Waals surface area contributed by atoms with Crippen molar-refractivity contribution in [2.75, 3.05) is 0 Å². The highest BCUT2D eigenvalue weighted by atomic mass is 79.9. The van der Waals surface area contributed by atoms with Crippen LogP contribution in [0.3, 0.4) is 0 Å². The Hall–Kier alpha value is -1.18. The summed E-state index contributed by atoms with van der Waals surface area (Å²) in [7, 11) is 0. The van der Waals surface area contributed by atoms with E-state index in [2.05, 4.69) is 31.9 Å². The van der Waals surface area contributed by atoms with Crippen molar-refractivity contribution in [1.29, 1.82) is 0 Å². The van der Waals surface area contributed by atoms with Crippen molar-refractivity contribution in [3.63, 3.8) is 0 Å². The summed E-state index contributed by atoms with van der Waals surface area (Å²) in [5, 5.41) is 11.1. The maximum Gasteiger partial charge on any atom is 0.270 e. The molecule has 2 aromatic rings. The summed E-state index contributed by atoms with van der Waals surface area (Å²) >= 11 is 12.1. The highest BCUT2D eigenvalue weighted by Gasteiger charge is 2.14. The lowest BCUT2D eigenvalue weighted by atomic mass is 10.2. The summed E-state index contributed by atoms with van der Waals surface area (Å²) in [6.07, 6.45) is 0. The number of nitrogens with zero attached hydrogens (tertiary/aromatic N) is 1. The van der Waals surface area contributed by atoms with Gasteiger partial charge in [-0.3, -0.25) is 10.1 Å². The van der Waals surface area contributed by atoms with Gasteiger partial charge in [0, 0.05) is 29.1 Å². The van der Waals surface area contributed by atoms with Gasteiger partial charge in [0.15, 0.2) is 0 Å². The number of alkyl halides is 1. The van der Waals surface area contributed by atoms with E-state index >= 15 is 0 Å². The normalized spacial score (nSPS) is 10.5. The number of benzene rings is 2. The predicted octanol–water partition coefficient (Wildman–Crippen LogP) is 5.84. The van der Waals surface area contributed by atoms with Gasteiger partial charge in [0.25, 0.3) is 5.69 Å². The fraction of sp³-hybridized carbons (Fsp3) is 0.0769. The van der Waals surface area contributed by atoms with Crippen molar-refractivity contribution in [3.8, 4) is 11.5 Å². The minimum atomic E-state index is -0.614. The molecule has 110 valence electrons. The third-order valence-corrected chi connectivity index (χ3v) is 4.11. The van der Waals surface area contributed by atoms with E-state index in [1.165, 1.54) is 24.3 Å². The number of non-ortho nitro benzene ring substituents is 1. The third kappa shape index (κ3) is 3.72. The van der Waals surface area contributed by atoms with Crippen LogP contribution in [0.15, 0.2) is 34.8 Å². The lowest BCUT2D eigenvalue weighted by Crippen LogP contribution is -1.94. The van der Waals surface area contributed by atoms with Gasteiger partial charge in [-0.15, -0.1) is 0 Å². The lowest BCUT2D eigenvalue weighted by molar-refractivity contribution is -0.384. The van der Waals surface area contributed by atoms with Gasteiger partial charge in [-0.2, -0.15) is 0 Å². The van der Waals surface area contributed by atoms with E-state index in [0.29, 0.717) is 21.1 Å². The third-order valence-electron chi connectivity index (χ3n) is 2.59. The van der Waals surface area contributed by atoms with Crippen LogP contribution in [0.2, 0.25) is 5.02 Å². The Morgan fingerprint density at radius 3 is 2.62 bits per heavy atom. The van der Waals surface area contributed by atoms with Crippen molar-refractivity contribution in [3.05, 3.63) is 61.3 Å². The van der Waals surface area contributed by atoms with Gasteiger partial charge in [-0.25, -0.2) is 4.39 Å². The molecule has 0 aliphatic heterocycles. The Kier molecular flexibility index (Phi) is 5.18. The first-order valence-electron chi connectivity index (χ1n) is 5.58. The number of halogens is 4. The largest absolute Gasteiger partial charge is 0.456 e. The molecule has 0 aliphatic rings. The molecule has 0 aromatic heterocycles. The van der Waals surface area contributed by atoms with Gasteiger partial charge >= 0.3 is 0 Å². The zero-order valence-corrected chi connectivity index (χ0v) is 14.2. The van der Waals surface area contributed by atoms with Crippen LogP contribution in [0, 0.1) is 15.9 Å². The molecular formula is C13H7Br2ClFNO3. The Labute approximate surface area is 141 Å². The topological polar surface area (TPSA) is 52.4 Å². The molecule has 0 fully saturated rings. The van der Waals surface area contributed by atoms with E-state index in [9.17, 15) is 14.5 Å². The van der Waals surface area contributed by atoms with E-state index in [-0.39, 0.29) is 16.5 Å². The first-order valence-corrected chi connectivity index (χ1v) is 7.87. The summed E-state index contributed by atoms with van der Waals surface area (Å²) in [4.78, 5) is 10.3. The average molecular weight is 439 g/mol. The molecule has 0 spiro atoms. The molecule has 0 bridgehead atoms. The zero-order chi connectivity index (χ0) is 15.6. The van der Waals surface area contributed by atoms with Crippen LogP contribution in [0.5, 0.6) is 11.5 Å². The molecule has 0 radical (unpaired) electrons. The Bertz CT molecular complexity index is 712. The smallest absolute Gasteiger partial charge is 0.270 e. The van der Waals surface area contributed by atoms with Crippen LogP contribution >= 0.6 is 43.5 Å². The second-order valence-corrected chi connectivity index (χ2v) is 5.80. The molecule has 0 saturated carbocycles. The SMILES string of the molecule is O=[N+]([O-])c1ccc(Oc2cc(F)c(Cl)cc2Br)c(CBr)c1. The Morgan fingerprint density at radius 1 is 1.29 bits per heavy atom. The number of ether oxygens (including phenoxy) is 1. The molecule has 0 unspecified atom stereocenters. The zero-order valence-electron chi connectivity index (χ0n) is 10.3. The maximum absolute atomic E-state index is 13.5. The number of nitro benzene ring substituents is 1. The molecular weight excluding hydrogens is 432 g/mol. The van der Waals surface area contributed by atoms with Gasteiger partial charge in [0.05, 0.1) is 14.4 Å². The lowest BCUT2D eigenvalue weighted by Gasteiger charge is -2.11. The molecule has 4 nitrogen and oxygen atoms in total. The van der Waals surface area contributed by atoms with E-state index in [0.717, 1.165) is 6.07 Å². The summed E-state index contributed by atoms with van der Waals surface area (Å²) in [6.45, 7) is 0. The number of hydrogen-bond donors (Lipinski definition) is 0. The standard InChI is InChI=1S/C13H7Br2ClFNO3/c14-6-7-3-8(18(19)20)1-2-12(7)21-13-5-11(17)10(16)4-9(13)15/h1-5H,6H2. The predicted molar refractivity (Wildman–Crippen MR) is 84.9 cm³/mol. The fourth-order valence-electron chi connectivity index (χ4n) is 1.58. The Morgan fingerprint density at radius 2 is 2.00 bits per heavy atom. The van der Waals surface area contributed by atoms with E-state index in [1.54, 1.807) is 0 Å². The summed E-state index contributed by atoms with van der Waals surface area (Å²) in [5.41, 5.74) is 0.532. The van der Waals surface area contributed by atoms with E-state index < -0.39 is 10.7 Å². The molecule has 0 atom stereocenters. The quantitative estimate of drug-likeness (QED) is 0.260. The second kappa shape index (κ2) is 6.72. The molecule has 2 rings (SSSR count). The Balaban J connectivity index is 2.40. The molecule has 0 N–H and O–H groups in total. The number of rotatable bonds is 4. The van der Waals surface area contributed by atoms with Crippen molar-refractivity contribution in [2.24, 2.45) is 0 Å². The van der Waals surface area contributed by atoms with Gasteiger partial charge in [-0.05, 0) is 28.1 Å². The van der Waals surface area contributed by atoms with Crippen molar-refractivity contribution in [1.82, 2.24) is 0 Å². The molecule has 21 heavy (non-hydrogen) atoms. The molecule has 0 heterocycles. The summed E-state index contributed by atoms with van der Waals surface area (Å²) < 4.78 is 19.6. The summed E-state index contributed by atoms with van der Waals surface area (Å²) in [6, 6.07) is 6.71. The first-order chi connectivity index (χ1) is 9.92. The number of nitro groups is 1. The van der Waals surface area contributed by atoms with E-state index in [1.807, 2.05) is 0 Å². The monoisotopic (exact) mass is 437 g/mol. The number of hydrogen-bond acceptors (Lipinski definition) is 3. The minimum absolute atomic E-state index is 0.0290. The molecule has 0 saturated heterocycles. The van der Waals surface area contributed by atoms with Crippen LogP contribution in [0.25, 0.3) is 0 Å². The van der Waals surface area contributed by atoms with Gasteiger partial charge in [0.1, 0.15) is 17.3 Å². The van der Waals surface area contributed by atoms with Crippen LogP contribution in [-0.2, 0) is 5.33 Å². The van der Waals surface area contributed by atoms with Gasteiger partial charge < -0.3 is 4.74 Å². The van der Waals surface area contributed by atoms with Crippen LogP contribution < -0.4 is 4.74 Å². The molecule has 0 amide bonds. The fourth-order valence-corrected chi connectivity index (χ4v) is 2.74. The van der Waals surface area contributed by atoms with Crippen LogP contribution in [-0.4, -0.2) is 4.92 Å².